The van der Waals surface area contributed by atoms with Crippen LogP contribution in [0.4, 0.5) is 0 Å². The third-order valence-electron chi connectivity index (χ3n) is 3.74. The smallest absolute Gasteiger partial charge is 0.261 e. The second kappa shape index (κ2) is 7.51. The van der Waals surface area contributed by atoms with E-state index in [0.717, 1.165) is 18.6 Å². The van der Waals surface area contributed by atoms with E-state index >= 15 is 0 Å². The van der Waals surface area contributed by atoms with Crippen molar-refractivity contribution in [1.82, 2.24) is 4.90 Å². The molecule has 0 saturated heterocycles. The summed E-state index contributed by atoms with van der Waals surface area (Å²) in [6.45, 7) is 3.34. The minimum absolute atomic E-state index is 0.0487. The first-order chi connectivity index (χ1) is 11.3. The Kier molecular flexibility index (Phi) is 5.18. The first-order valence-corrected chi connectivity index (χ1v) is 8.86. The SMILES string of the molecule is CCOc1ccc(OCC(=O)N(Cc2ccsc2)C2CC2)cc1. The monoisotopic (exact) mass is 331 g/mol. The molecule has 1 amide bonds. The molecule has 4 nitrogen and oxygen atoms in total. The Bertz CT molecular complexity index is 620. The van der Waals surface area contributed by atoms with Crippen LogP contribution in [0.1, 0.15) is 25.3 Å². The molecule has 0 aliphatic heterocycles. The molecule has 2 aromatic rings. The minimum Gasteiger partial charge on any atom is -0.494 e. The quantitative estimate of drug-likeness (QED) is 0.740. The molecule has 0 unspecified atom stereocenters. The maximum absolute atomic E-state index is 12.5. The molecule has 122 valence electrons. The molecule has 1 saturated carbocycles. The van der Waals surface area contributed by atoms with Gasteiger partial charge in [0.1, 0.15) is 11.5 Å². The number of rotatable bonds is 8. The highest BCUT2D eigenvalue weighted by atomic mass is 32.1. The molecule has 0 N–H and O–H groups in total. The molecule has 1 heterocycles. The number of nitrogens with zero attached hydrogens (tertiary/aromatic N) is 1. The maximum Gasteiger partial charge on any atom is 0.261 e. The summed E-state index contributed by atoms with van der Waals surface area (Å²) in [5, 5.41) is 4.14. The normalized spacial score (nSPS) is 13.6. The standard InChI is InChI=1S/C18H21NO3S/c1-2-21-16-5-7-17(8-6-16)22-12-18(20)19(15-3-4-15)11-14-9-10-23-13-14/h5-10,13,15H,2-4,11-12H2,1H3. The number of amides is 1. The van der Waals surface area contributed by atoms with E-state index in [0.29, 0.717) is 24.9 Å². The van der Waals surface area contributed by atoms with E-state index in [1.165, 1.54) is 5.56 Å². The number of hydrogen-bond donors (Lipinski definition) is 0. The van der Waals surface area contributed by atoms with Crippen molar-refractivity contribution in [2.45, 2.75) is 32.4 Å². The van der Waals surface area contributed by atoms with Crippen LogP contribution in [0, 0.1) is 0 Å². The van der Waals surface area contributed by atoms with Crippen LogP contribution in [0.15, 0.2) is 41.1 Å². The minimum atomic E-state index is 0.0487. The fourth-order valence-electron chi connectivity index (χ4n) is 2.41. The van der Waals surface area contributed by atoms with Gasteiger partial charge in [0.15, 0.2) is 6.61 Å². The van der Waals surface area contributed by atoms with Crippen molar-refractivity contribution in [3.8, 4) is 11.5 Å². The Morgan fingerprint density at radius 3 is 2.43 bits per heavy atom. The third kappa shape index (κ3) is 4.48. The lowest BCUT2D eigenvalue weighted by Gasteiger charge is -2.22. The second-order valence-corrected chi connectivity index (χ2v) is 6.36. The largest absolute Gasteiger partial charge is 0.494 e. The third-order valence-corrected chi connectivity index (χ3v) is 4.47. The van der Waals surface area contributed by atoms with Gasteiger partial charge in [0.25, 0.3) is 5.91 Å². The molecule has 0 bridgehead atoms. The molecule has 23 heavy (non-hydrogen) atoms. The molecule has 5 heteroatoms. The maximum atomic E-state index is 12.5. The highest BCUT2D eigenvalue weighted by Crippen LogP contribution is 2.29. The number of benzene rings is 1. The Morgan fingerprint density at radius 2 is 1.87 bits per heavy atom. The topological polar surface area (TPSA) is 38.8 Å². The van der Waals surface area contributed by atoms with Gasteiger partial charge < -0.3 is 14.4 Å². The molecule has 1 aromatic carbocycles. The molecule has 0 atom stereocenters. The number of ether oxygens (including phenoxy) is 2. The zero-order valence-corrected chi connectivity index (χ0v) is 14.1. The van der Waals surface area contributed by atoms with E-state index in [9.17, 15) is 4.79 Å². The number of hydrogen-bond acceptors (Lipinski definition) is 4. The first kappa shape index (κ1) is 15.9. The number of carbonyl (C=O) groups is 1. The molecule has 1 fully saturated rings. The van der Waals surface area contributed by atoms with Crippen LogP contribution in [-0.2, 0) is 11.3 Å². The van der Waals surface area contributed by atoms with E-state index in [-0.39, 0.29) is 12.5 Å². The first-order valence-electron chi connectivity index (χ1n) is 7.92. The van der Waals surface area contributed by atoms with E-state index in [4.69, 9.17) is 9.47 Å². The van der Waals surface area contributed by atoms with Crippen molar-refractivity contribution < 1.29 is 14.3 Å². The van der Waals surface area contributed by atoms with Crippen LogP contribution in [0.2, 0.25) is 0 Å². The van der Waals surface area contributed by atoms with Gasteiger partial charge in [-0.05, 0) is 66.4 Å². The average Bonchev–Trinajstić information content (AvgIpc) is 3.28. The Hall–Kier alpha value is -2.01. The van der Waals surface area contributed by atoms with Crippen molar-refractivity contribution in [2.24, 2.45) is 0 Å². The van der Waals surface area contributed by atoms with Crippen LogP contribution < -0.4 is 9.47 Å². The summed E-state index contributed by atoms with van der Waals surface area (Å²) < 4.78 is 11.0. The van der Waals surface area contributed by atoms with Gasteiger partial charge in [0.2, 0.25) is 0 Å². The van der Waals surface area contributed by atoms with E-state index in [1.54, 1.807) is 11.3 Å². The lowest BCUT2D eigenvalue weighted by Crippen LogP contribution is -2.36. The van der Waals surface area contributed by atoms with Gasteiger partial charge in [0, 0.05) is 12.6 Å². The summed E-state index contributed by atoms with van der Waals surface area (Å²) >= 11 is 1.66. The van der Waals surface area contributed by atoms with Gasteiger partial charge in [-0.15, -0.1) is 0 Å². The fourth-order valence-corrected chi connectivity index (χ4v) is 3.07. The Morgan fingerprint density at radius 1 is 1.17 bits per heavy atom. The van der Waals surface area contributed by atoms with E-state index < -0.39 is 0 Å². The van der Waals surface area contributed by atoms with Gasteiger partial charge in [-0.2, -0.15) is 11.3 Å². The van der Waals surface area contributed by atoms with Crippen molar-refractivity contribution >= 4 is 17.2 Å². The molecular formula is C18H21NO3S. The zero-order chi connectivity index (χ0) is 16.1. The summed E-state index contributed by atoms with van der Waals surface area (Å²) in [4.78, 5) is 14.4. The fraction of sp³-hybridized carbons (Fsp3) is 0.389. The molecule has 1 aromatic heterocycles. The lowest BCUT2D eigenvalue weighted by atomic mass is 10.3. The summed E-state index contributed by atoms with van der Waals surface area (Å²) in [6.07, 6.45) is 2.19. The molecule has 3 rings (SSSR count). The van der Waals surface area contributed by atoms with Crippen molar-refractivity contribution in [3.05, 3.63) is 46.7 Å². The van der Waals surface area contributed by atoms with Gasteiger partial charge >= 0.3 is 0 Å². The van der Waals surface area contributed by atoms with Crippen molar-refractivity contribution in [2.75, 3.05) is 13.2 Å². The second-order valence-electron chi connectivity index (χ2n) is 5.58. The highest BCUT2D eigenvalue weighted by molar-refractivity contribution is 7.07. The molecule has 0 radical (unpaired) electrons. The molecule has 0 spiro atoms. The molecule has 1 aliphatic rings. The lowest BCUT2D eigenvalue weighted by molar-refractivity contribution is -0.134. The van der Waals surface area contributed by atoms with E-state index in [1.807, 2.05) is 41.5 Å². The van der Waals surface area contributed by atoms with Crippen LogP contribution in [0.25, 0.3) is 0 Å². The zero-order valence-electron chi connectivity index (χ0n) is 13.2. The molecule has 1 aliphatic carbocycles. The number of carbonyl (C=O) groups excluding carboxylic acids is 1. The van der Waals surface area contributed by atoms with Gasteiger partial charge in [-0.1, -0.05) is 0 Å². The molecular weight excluding hydrogens is 310 g/mol. The summed E-state index contributed by atoms with van der Waals surface area (Å²) in [5.74, 6) is 1.55. The van der Waals surface area contributed by atoms with E-state index in [2.05, 4.69) is 11.4 Å². The Balaban J connectivity index is 1.54. The average molecular weight is 331 g/mol. The summed E-state index contributed by atoms with van der Waals surface area (Å²) in [7, 11) is 0. The van der Waals surface area contributed by atoms with Crippen LogP contribution in [-0.4, -0.2) is 30.1 Å². The highest BCUT2D eigenvalue weighted by Gasteiger charge is 2.32. The van der Waals surface area contributed by atoms with Crippen molar-refractivity contribution in [1.29, 1.82) is 0 Å². The number of thiophene rings is 1. The van der Waals surface area contributed by atoms with Crippen molar-refractivity contribution in [3.63, 3.8) is 0 Å². The van der Waals surface area contributed by atoms with Gasteiger partial charge in [0.05, 0.1) is 6.61 Å². The Labute approximate surface area is 140 Å². The summed E-state index contributed by atoms with van der Waals surface area (Å²) in [6, 6.07) is 9.82. The predicted octanol–water partition coefficient (Wildman–Crippen LogP) is 3.72. The van der Waals surface area contributed by atoms with Crippen LogP contribution in [0.5, 0.6) is 11.5 Å². The van der Waals surface area contributed by atoms with Gasteiger partial charge in [-0.25, -0.2) is 0 Å². The predicted molar refractivity (Wildman–Crippen MR) is 91.0 cm³/mol. The van der Waals surface area contributed by atoms with Crippen LogP contribution >= 0.6 is 11.3 Å². The van der Waals surface area contributed by atoms with Crippen LogP contribution in [0.3, 0.4) is 0 Å². The van der Waals surface area contributed by atoms with Gasteiger partial charge in [-0.3, -0.25) is 4.79 Å². The summed E-state index contributed by atoms with van der Waals surface area (Å²) in [5.41, 5.74) is 1.19.